The maximum absolute atomic E-state index is 12.5. The Hall–Kier alpha value is -2.18. The van der Waals surface area contributed by atoms with E-state index >= 15 is 0 Å². The molecule has 2 unspecified atom stereocenters. The van der Waals surface area contributed by atoms with Gasteiger partial charge in [-0.3, -0.25) is 9.59 Å². The van der Waals surface area contributed by atoms with E-state index in [1.54, 1.807) is 6.08 Å². The highest BCUT2D eigenvalue weighted by atomic mass is 16.5. The van der Waals surface area contributed by atoms with Crippen LogP contribution < -0.4 is 5.32 Å². The van der Waals surface area contributed by atoms with Crippen LogP contribution in [0.1, 0.15) is 412 Å². The quantitative estimate of drug-likeness (QED) is 0.0320. The molecule has 0 aliphatic heterocycles. The van der Waals surface area contributed by atoms with Crippen LogP contribution in [-0.2, 0) is 14.3 Å². The summed E-state index contributed by atoms with van der Waals surface area (Å²) in [6.45, 7) is 4.92. The zero-order chi connectivity index (χ0) is 60.6. The molecular formula is C78H147NO5. The van der Waals surface area contributed by atoms with Crippen molar-refractivity contribution in [2.45, 2.75) is 424 Å². The summed E-state index contributed by atoms with van der Waals surface area (Å²) < 4.78 is 5.49. The number of nitrogens with one attached hydrogen (secondary N) is 1. The van der Waals surface area contributed by atoms with E-state index in [4.69, 9.17) is 4.74 Å². The predicted octanol–water partition coefficient (Wildman–Crippen LogP) is 24.8. The monoisotopic (exact) mass is 1180 g/mol. The van der Waals surface area contributed by atoms with Gasteiger partial charge in [0.05, 0.1) is 25.4 Å². The lowest BCUT2D eigenvalue weighted by Gasteiger charge is -2.20. The van der Waals surface area contributed by atoms with Crippen molar-refractivity contribution in [3.05, 3.63) is 48.6 Å². The van der Waals surface area contributed by atoms with Crippen molar-refractivity contribution >= 4 is 11.9 Å². The first-order valence-corrected chi connectivity index (χ1v) is 37.9. The third-order valence-corrected chi connectivity index (χ3v) is 17.6. The molecule has 0 rings (SSSR count). The predicted molar refractivity (Wildman–Crippen MR) is 370 cm³/mol. The van der Waals surface area contributed by atoms with Crippen LogP contribution in [0.3, 0.4) is 0 Å². The fourth-order valence-electron chi connectivity index (χ4n) is 11.8. The molecule has 0 aliphatic carbocycles. The molecule has 6 heteroatoms. The van der Waals surface area contributed by atoms with Crippen LogP contribution in [0.15, 0.2) is 48.6 Å². The summed E-state index contributed by atoms with van der Waals surface area (Å²) in [6.07, 6.45) is 96.4. The third-order valence-electron chi connectivity index (χ3n) is 17.6. The largest absolute Gasteiger partial charge is 0.466 e. The molecule has 0 heterocycles. The van der Waals surface area contributed by atoms with Gasteiger partial charge in [-0.1, -0.05) is 358 Å². The van der Waals surface area contributed by atoms with Gasteiger partial charge >= 0.3 is 5.97 Å². The van der Waals surface area contributed by atoms with Crippen molar-refractivity contribution in [2.75, 3.05) is 13.2 Å². The maximum atomic E-state index is 12.5. The van der Waals surface area contributed by atoms with E-state index < -0.39 is 12.1 Å². The first-order chi connectivity index (χ1) is 41.5. The number of carbonyl (C=O) groups excluding carboxylic acids is 2. The molecule has 1 amide bonds. The minimum Gasteiger partial charge on any atom is -0.466 e. The molecule has 0 aliphatic rings. The van der Waals surface area contributed by atoms with Crippen LogP contribution in [-0.4, -0.2) is 47.4 Å². The molecule has 0 fully saturated rings. The average molecular weight is 1180 g/mol. The van der Waals surface area contributed by atoms with Gasteiger partial charge in [-0.2, -0.15) is 0 Å². The Morgan fingerprint density at radius 1 is 0.333 bits per heavy atom. The van der Waals surface area contributed by atoms with Crippen LogP contribution in [0.4, 0.5) is 0 Å². The number of esters is 1. The Balaban J connectivity index is 3.42. The van der Waals surface area contributed by atoms with E-state index in [1.165, 1.54) is 334 Å². The zero-order valence-corrected chi connectivity index (χ0v) is 56.6. The maximum Gasteiger partial charge on any atom is 0.305 e. The number of allylic oxidation sites excluding steroid dienone is 7. The number of carbonyl (C=O) groups is 2. The Morgan fingerprint density at radius 2 is 0.595 bits per heavy atom. The van der Waals surface area contributed by atoms with Crippen LogP contribution in [0.25, 0.3) is 0 Å². The standard InChI is InChI=1S/C78H147NO5/c1-3-5-7-9-11-13-15-17-19-21-22-23-24-27-30-33-36-39-42-46-50-54-58-62-66-70-76(81)75(74-80)79-77(82)71-67-63-59-55-51-47-43-40-37-34-31-28-25-26-29-32-35-38-41-45-49-53-57-61-65-69-73-84-78(83)72-68-64-60-56-52-48-44-20-18-16-14-12-10-8-6-4-2/h14,16,20,25,28,44,66,70,75-76,80-81H,3-13,15,17-19,21-24,26-27,29-43,45-65,67-69,71-74H2,1-2H3,(H,79,82)/b16-14-,28-25-,44-20-,70-66+. The zero-order valence-electron chi connectivity index (χ0n) is 56.6. The van der Waals surface area contributed by atoms with E-state index in [0.29, 0.717) is 19.4 Å². The van der Waals surface area contributed by atoms with Crippen molar-refractivity contribution in [3.63, 3.8) is 0 Å². The van der Waals surface area contributed by atoms with E-state index in [0.717, 1.165) is 51.4 Å². The molecule has 84 heavy (non-hydrogen) atoms. The molecule has 0 aromatic heterocycles. The van der Waals surface area contributed by atoms with Crippen molar-refractivity contribution < 1.29 is 24.5 Å². The van der Waals surface area contributed by atoms with Crippen LogP contribution >= 0.6 is 0 Å². The molecular weight excluding hydrogens is 1030 g/mol. The number of aliphatic hydroxyl groups excluding tert-OH is 2. The molecule has 6 nitrogen and oxygen atoms in total. The van der Waals surface area contributed by atoms with Crippen LogP contribution in [0.5, 0.6) is 0 Å². The molecule has 0 aromatic rings. The molecule has 0 spiro atoms. The minimum atomic E-state index is -0.848. The summed E-state index contributed by atoms with van der Waals surface area (Å²) in [4.78, 5) is 24.6. The normalized spacial score (nSPS) is 12.8. The lowest BCUT2D eigenvalue weighted by atomic mass is 10.0. The summed E-state index contributed by atoms with van der Waals surface area (Å²) in [5, 5.41) is 23.3. The topological polar surface area (TPSA) is 95.9 Å². The first kappa shape index (κ1) is 81.8. The molecule has 0 saturated carbocycles. The number of ether oxygens (including phenoxy) is 1. The molecule has 0 aromatic carbocycles. The second-order valence-electron chi connectivity index (χ2n) is 26.0. The molecule has 3 N–H and O–H groups in total. The number of hydrogen-bond donors (Lipinski definition) is 3. The molecule has 0 saturated heterocycles. The van der Waals surface area contributed by atoms with Crippen LogP contribution in [0.2, 0.25) is 0 Å². The second kappa shape index (κ2) is 73.3. The number of aliphatic hydroxyl groups is 2. The highest BCUT2D eigenvalue weighted by Gasteiger charge is 2.18. The van der Waals surface area contributed by atoms with Gasteiger partial charge in [0.15, 0.2) is 0 Å². The van der Waals surface area contributed by atoms with Gasteiger partial charge in [-0.05, 0) is 89.9 Å². The second-order valence-corrected chi connectivity index (χ2v) is 26.0. The van der Waals surface area contributed by atoms with Crippen molar-refractivity contribution in [1.29, 1.82) is 0 Å². The summed E-state index contributed by atoms with van der Waals surface area (Å²) >= 11 is 0. The number of amides is 1. The van der Waals surface area contributed by atoms with E-state index in [9.17, 15) is 19.8 Å². The van der Waals surface area contributed by atoms with Crippen molar-refractivity contribution in [2.24, 2.45) is 0 Å². The highest BCUT2D eigenvalue weighted by Crippen LogP contribution is 2.19. The van der Waals surface area contributed by atoms with Gasteiger partial charge in [-0.25, -0.2) is 0 Å². The van der Waals surface area contributed by atoms with Gasteiger partial charge in [0.2, 0.25) is 5.91 Å². The van der Waals surface area contributed by atoms with Gasteiger partial charge in [-0.15, -0.1) is 0 Å². The molecule has 2 atom stereocenters. The van der Waals surface area contributed by atoms with Crippen molar-refractivity contribution in [1.82, 2.24) is 5.32 Å². The first-order valence-electron chi connectivity index (χ1n) is 37.9. The Kier molecular flexibility index (Phi) is 71.4. The summed E-state index contributed by atoms with van der Waals surface area (Å²) in [6, 6.07) is -0.632. The lowest BCUT2D eigenvalue weighted by Crippen LogP contribution is -2.45. The van der Waals surface area contributed by atoms with Gasteiger partial charge < -0.3 is 20.3 Å². The SMILES string of the molecule is CCCCCC/C=C\C/C=C\CCCCCCCC(=O)OCCCCCCCCCCCCCC/C=C\CCCCCCCCCCCCC(=O)NC(CO)C(O)/C=C/CCCCCCCCCCCCCCCCCCCCCCCCC. The Morgan fingerprint density at radius 3 is 0.929 bits per heavy atom. The lowest BCUT2D eigenvalue weighted by molar-refractivity contribution is -0.143. The van der Waals surface area contributed by atoms with Gasteiger partial charge in [0, 0.05) is 12.8 Å². The molecule has 0 radical (unpaired) electrons. The number of rotatable bonds is 71. The van der Waals surface area contributed by atoms with Crippen LogP contribution in [0, 0.1) is 0 Å². The number of unbranched alkanes of at least 4 members (excludes halogenated alkanes) is 54. The number of hydrogen-bond acceptors (Lipinski definition) is 5. The Bertz CT molecular complexity index is 1400. The molecule has 0 bridgehead atoms. The minimum absolute atomic E-state index is 0.000874. The highest BCUT2D eigenvalue weighted by molar-refractivity contribution is 5.76. The van der Waals surface area contributed by atoms with E-state index in [-0.39, 0.29) is 18.5 Å². The fourth-order valence-corrected chi connectivity index (χ4v) is 11.8. The smallest absolute Gasteiger partial charge is 0.305 e. The third kappa shape index (κ3) is 68.9. The Labute approximate surface area is 525 Å². The van der Waals surface area contributed by atoms with Gasteiger partial charge in [0.25, 0.3) is 0 Å². The summed E-state index contributed by atoms with van der Waals surface area (Å²) in [5.41, 5.74) is 0. The summed E-state index contributed by atoms with van der Waals surface area (Å²) in [7, 11) is 0. The van der Waals surface area contributed by atoms with Gasteiger partial charge in [0.1, 0.15) is 0 Å². The average Bonchev–Trinajstić information content (AvgIpc) is 3.51. The molecule has 494 valence electrons. The summed E-state index contributed by atoms with van der Waals surface area (Å²) in [5.74, 6) is -0.0650. The van der Waals surface area contributed by atoms with E-state index in [1.807, 2.05) is 6.08 Å². The fraction of sp³-hybridized carbons (Fsp3) is 0.872. The van der Waals surface area contributed by atoms with E-state index in [2.05, 4.69) is 55.6 Å². The van der Waals surface area contributed by atoms with Crippen molar-refractivity contribution in [3.8, 4) is 0 Å².